The van der Waals surface area contributed by atoms with Crippen LogP contribution in [0.3, 0.4) is 0 Å². The van der Waals surface area contributed by atoms with Gasteiger partial charge in [-0.1, -0.05) is 124 Å². The van der Waals surface area contributed by atoms with Crippen LogP contribution in [-0.2, 0) is 5.41 Å². The molecule has 0 bridgehead atoms. The highest BCUT2D eigenvalue weighted by atomic mass is 15.1. The quantitative estimate of drug-likeness (QED) is 0.191. The number of hydrogen-bond donors (Lipinski definition) is 0. The summed E-state index contributed by atoms with van der Waals surface area (Å²) in [6, 6.07) is 45.9. The maximum Gasteiger partial charge on any atom is 0.0546 e. The fourth-order valence-electron chi connectivity index (χ4n) is 8.44. The highest BCUT2D eigenvalue weighted by Crippen LogP contribution is 2.53. The maximum absolute atomic E-state index is 2.52. The van der Waals surface area contributed by atoms with Crippen LogP contribution in [0.25, 0.3) is 33.0 Å². The van der Waals surface area contributed by atoms with E-state index in [4.69, 9.17) is 0 Å². The van der Waals surface area contributed by atoms with Crippen LogP contribution >= 0.6 is 0 Å². The van der Waals surface area contributed by atoms with Gasteiger partial charge in [-0.3, -0.25) is 0 Å². The summed E-state index contributed by atoms with van der Waals surface area (Å²) in [5.41, 5.74) is 15.8. The number of hydrogen-bond acceptors (Lipinski definition) is 1. The lowest BCUT2D eigenvalue weighted by atomic mass is 9.82. The van der Waals surface area contributed by atoms with Crippen LogP contribution in [0.5, 0.6) is 0 Å². The van der Waals surface area contributed by atoms with Crippen molar-refractivity contribution in [2.75, 3.05) is 4.90 Å². The SMILES string of the molecule is Cc1ccccc1-c1c(N(c2ccc(C3CCCCC3)cc2)c2ccc3c(c2)C(C)(C)c2cccc(C)c2-3)ccc2ccccc12. The van der Waals surface area contributed by atoms with E-state index >= 15 is 0 Å². The highest BCUT2D eigenvalue weighted by molar-refractivity contribution is 6.06. The maximum atomic E-state index is 2.52. The van der Waals surface area contributed by atoms with E-state index in [-0.39, 0.29) is 5.41 Å². The lowest BCUT2D eigenvalue weighted by Gasteiger charge is -2.31. The number of fused-ring (bicyclic) bond motifs is 4. The molecule has 0 spiro atoms. The first-order valence-corrected chi connectivity index (χ1v) is 17.1. The Morgan fingerprint density at radius 2 is 1.28 bits per heavy atom. The lowest BCUT2D eigenvalue weighted by molar-refractivity contribution is 0.443. The van der Waals surface area contributed by atoms with Gasteiger partial charge in [-0.2, -0.15) is 0 Å². The summed E-state index contributed by atoms with van der Waals surface area (Å²) < 4.78 is 0. The van der Waals surface area contributed by atoms with Crippen molar-refractivity contribution in [3.8, 4) is 22.3 Å². The molecule has 0 unspecified atom stereocenters. The minimum Gasteiger partial charge on any atom is -0.310 e. The fourth-order valence-corrected chi connectivity index (χ4v) is 8.44. The Kier molecular flexibility index (Phi) is 7.09. The number of benzene rings is 6. The average Bonchev–Trinajstić information content (AvgIpc) is 3.32. The van der Waals surface area contributed by atoms with Gasteiger partial charge in [0, 0.05) is 22.4 Å². The lowest BCUT2D eigenvalue weighted by Crippen LogP contribution is -2.17. The molecule has 8 rings (SSSR count). The summed E-state index contributed by atoms with van der Waals surface area (Å²) in [4.78, 5) is 2.52. The molecule has 6 aromatic carbocycles. The van der Waals surface area contributed by atoms with Gasteiger partial charge in [-0.05, 0) is 118 Å². The van der Waals surface area contributed by atoms with Gasteiger partial charge in [0.15, 0.2) is 0 Å². The Hall–Kier alpha value is -4.62. The smallest absolute Gasteiger partial charge is 0.0546 e. The molecule has 228 valence electrons. The summed E-state index contributed by atoms with van der Waals surface area (Å²) >= 11 is 0. The predicted molar refractivity (Wildman–Crippen MR) is 197 cm³/mol. The van der Waals surface area contributed by atoms with Crippen molar-refractivity contribution < 1.29 is 0 Å². The molecular weight excluding hydrogens is 555 g/mol. The summed E-state index contributed by atoms with van der Waals surface area (Å²) in [5.74, 6) is 0.682. The van der Waals surface area contributed by atoms with Crippen LogP contribution in [0.2, 0.25) is 0 Å². The second-order valence-corrected chi connectivity index (χ2v) is 14.1. The molecule has 1 saturated carbocycles. The van der Waals surface area contributed by atoms with E-state index in [1.165, 1.54) is 110 Å². The van der Waals surface area contributed by atoms with Gasteiger partial charge in [0.05, 0.1) is 5.69 Å². The molecular formula is C45H43N. The van der Waals surface area contributed by atoms with Gasteiger partial charge < -0.3 is 4.90 Å². The number of aryl methyl sites for hydroxylation is 2. The number of nitrogens with zero attached hydrogens (tertiary/aromatic N) is 1. The molecule has 6 aromatic rings. The van der Waals surface area contributed by atoms with Crippen molar-refractivity contribution >= 4 is 27.8 Å². The molecule has 1 fully saturated rings. The van der Waals surface area contributed by atoms with Crippen molar-refractivity contribution in [2.45, 2.75) is 71.1 Å². The van der Waals surface area contributed by atoms with E-state index in [9.17, 15) is 0 Å². The Morgan fingerprint density at radius 3 is 2.09 bits per heavy atom. The normalized spacial score (nSPS) is 15.5. The molecule has 0 aliphatic heterocycles. The second kappa shape index (κ2) is 11.3. The third kappa shape index (κ3) is 4.68. The summed E-state index contributed by atoms with van der Waals surface area (Å²) in [6.45, 7) is 9.27. The van der Waals surface area contributed by atoms with E-state index in [0.717, 1.165) is 0 Å². The molecule has 46 heavy (non-hydrogen) atoms. The topological polar surface area (TPSA) is 3.24 Å². The molecule has 0 atom stereocenters. The fraction of sp³-hybridized carbons (Fsp3) is 0.244. The Bertz CT molecular complexity index is 2070. The van der Waals surface area contributed by atoms with Crippen LogP contribution in [0, 0.1) is 13.8 Å². The van der Waals surface area contributed by atoms with Gasteiger partial charge in [-0.25, -0.2) is 0 Å². The zero-order valence-electron chi connectivity index (χ0n) is 27.6. The van der Waals surface area contributed by atoms with E-state index in [1.54, 1.807) is 0 Å². The third-order valence-electron chi connectivity index (χ3n) is 10.9. The van der Waals surface area contributed by atoms with Crippen molar-refractivity contribution in [2.24, 2.45) is 0 Å². The Labute approximate surface area is 274 Å². The predicted octanol–water partition coefficient (Wildman–Crippen LogP) is 12.9. The summed E-state index contributed by atoms with van der Waals surface area (Å²) in [7, 11) is 0. The third-order valence-corrected chi connectivity index (χ3v) is 10.9. The van der Waals surface area contributed by atoms with Gasteiger partial charge in [0.1, 0.15) is 0 Å². The van der Waals surface area contributed by atoms with Crippen LogP contribution in [-0.4, -0.2) is 0 Å². The molecule has 0 radical (unpaired) electrons. The van der Waals surface area contributed by atoms with Crippen molar-refractivity contribution in [1.82, 2.24) is 0 Å². The van der Waals surface area contributed by atoms with Crippen LogP contribution < -0.4 is 4.90 Å². The Balaban J connectivity index is 1.36. The van der Waals surface area contributed by atoms with Gasteiger partial charge in [0.2, 0.25) is 0 Å². The van der Waals surface area contributed by atoms with Crippen LogP contribution in [0.15, 0.2) is 121 Å². The molecule has 0 heterocycles. The van der Waals surface area contributed by atoms with E-state index in [0.29, 0.717) is 5.92 Å². The molecule has 0 aromatic heterocycles. The molecule has 0 N–H and O–H groups in total. The van der Waals surface area contributed by atoms with E-state index < -0.39 is 0 Å². The largest absolute Gasteiger partial charge is 0.310 e. The molecule has 1 nitrogen and oxygen atoms in total. The second-order valence-electron chi connectivity index (χ2n) is 14.1. The first-order chi connectivity index (χ1) is 22.4. The minimum absolute atomic E-state index is 0.0779. The van der Waals surface area contributed by atoms with Gasteiger partial charge in [0.25, 0.3) is 0 Å². The number of anilines is 3. The van der Waals surface area contributed by atoms with E-state index in [1.807, 2.05) is 0 Å². The standard InChI is InChI=1S/C45H43N/c1-30-13-8-10-18-37(30)44-38-19-11-9-17-34(38)23-28-42(44)46(35-24-21-33(22-25-35)32-15-6-5-7-16-32)36-26-27-39-41(29-36)45(3,4)40-20-12-14-31(2)43(39)40/h8-14,17-29,32H,5-7,15-16H2,1-4H3. The highest BCUT2D eigenvalue weighted by Gasteiger charge is 2.37. The first kappa shape index (κ1) is 28.8. The zero-order chi connectivity index (χ0) is 31.4. The zero-order valence-corrected chi connectivity index (χ0v) is 27.6. The van der Waals surface area contributed by atoms with Gasteiger partial charge >= 0.3 is 0 Å². The van der Waals surface area contributed by atoms with Crippen LogP contribution in [0.4, 0.5) is 17.1 Å². The molecule has 0 amide bonds. The van der Waals surface area contributed by atoms with Crippen molar-refractivity contribution in [1.29, 1.82) is 0 Å². The minimum atomic E-state index is -0.0779. The van der Waals surface area contributed by atoms with Gasteiger partial charge in [-0.15, -0.1) is 0 Å². The first-order valence-electron chi connectivity index (χ1n) is 17.1. The molecule has 1 heteroatoms. The summed E-state index contributed by atoms with van der Waals surface area (Å²) in [6.07, 6.45) is 6.70. The summed E-state index contributed by atoms with van der Waals surface area (Å²) in [5, 5.41) is 2.54. The molecule has 2 aliphatic rings. The van der Waals surface area contributed by atoms with E-state index in [2.05, 4.69) is 154 Å². The number of rotatable bonds is 5. The molecule has 2 aliphatic carbocycles. The monoisotopic (exact) mass is 597 g/mol. The Morgan fingerprint density at radius 1 is 0.565 bits per heavy atom. The average molecular weight is 598 g/mol. The molecule has 0 saturated heterocycles. The van der Waals surface area contributed by atoms with Crippen LogP contribution in [0.1, 0.15) is 79.7 Å². The van der Waals surface area contributed by atoms with Crippen molar-refractivity contribution in [3.63, 3.8) is 0 Å². The van der Waals surface area contributed by atoms with Crippen molar-refractivity contribution in [3.05, 3.63) is 149 Å².